The van der Waals surface area contributed by atoms with Gasteiger partial charge in [-0.05, 0) is 37.3 Å². The Hall–Kier alpha value is -1.58. The number of carbonyl (C=O) groups excluding carboxylic acids is 1. The number of carbonyl (C=O) groups is 1. The maximum atomic E-state index is 12.1. The molecular weight excluding hydrogens is 298 g/mol. The van der Waals surface area contributed by atoms with E-state index in [4.69, 9.17) is 0 Å². The predicted molar refractivity (Wildman–Crippen MR) is 101 cm³/mol. The summed E-state index contributed by atoms with van der Waals surface area (Å²) in [7, 11) is 0. The highest BCUT2D eigenvalue weighted by atomic mass is 16.1. The highest BCUT2D eigenvalue weighted by Crippen LogP contribution is 2.27. The summed E-state index contributed by atoms with van der Waals surface area (Å²) < 4.78 is 0. The number of nitrogens with zero attached hydrogens (tertiary/aromatic N) is 2. The molecule has 1 heterocycles. The highest BCUT2D eigenvalue weighted by molar-refractivity contribution is 5.90. The van der Waals surface area contributed by atoms with Crippen molar-refractivity contribution < 1.29 is 4.79 Å². The maximum absolute atomic E-state index is 12.1. The SMILES string of the molecule is CCCN(CCC)c1ccc(NC(=O)CCC2CCCCC2)cn1. The molecule has 0 unspecified atom stereocenters. The molecule has 1 amide bonds. The van der Waals surface area contributed by atoms with Gasteiger partial charge in [-0.25, -0.2) is 4.98 Å². The van der Waals surface area contributed by atoms with Crippen molar-refractivity contribution in [2.75, 3.05) is 23.3 Å². The van der Waals surface area contributed by atoms with Gasteiger partial charge in [0.1, 0.15) is 5.82 Å². The summed E-state index contributed by atoms with van der Waals surface area (Å²) in [6.07, 6.45) is 12.3. The Morgan fingerprint density at radius 1 is 1.17 bits per heavy atom. The van der Waals surface area contributed by atoms with Gasteiger partial charge in [-0.1, -0.05) is 46.0 Å². The molecule has 1 aliphatic carbocycles. The van der Waals surface area contributed by atoms with Crippen molar-refractivity contribution in [3.05, 3.63) is 18.3 Å². The van der Waals surface area contributed by atoms with E-state index < -0.39 is 0 Å². The number of anilines is 2. The van der Waals surface area contributed by atoms with Gasteiger partial charge in [-0.3, -0.25) is 4.79 Å². The molecule has 0 saturated heterocycles. The van der Waals surface area contributed by atoms with E-state index in [9.17, 15) is 4.79 Å². The topological polar surface area (TPSA) is 45.2 Å². The minimum atomic E-state index is 0.120. The van der Waals surface area contributed by atoms with E-state index in [1.807, 2.05) is 12.1 Å². The normalized spacial score (nSPS) is 15.2. The summed E-state index contributed by atoms with van der Waals surface area (Å²) in [6.45, 7) is 6.41. The summed E-state index contributed by atoms with van der Waals surface area (Å²) in [6, 6.07) is 3.99. The lowest BCUT2D eigenvalue weighted by molar-refractivity contribution is -0.116. The fourth-order valence-electron chi connectivity index (χ4n) is 3.56. The van der Waals surface area contributed by atoms with Crippen LogP contribution in [0.3, 0.4) is 0 Å². The summed E-state index contributed by atoms with van der Waals surface area (Å²) in [5, 5.41) is 2.99. The molecule has 2 rings (SSSR count). The zero-order chi connectivity index (χ0) is 17.2. The Kier molecular flexibility index (Phi) is 8.06. The number of rotatable bonds is 9. The molecule has 1 saturated carbocycles. The molecule has 0 radical (unpaired) electrons. The van der Waals surface area contributed by atoms with Gasteiger partial charge < -0.3 is 10.2 Å². The summed E-state index contributed by atoms with van der Waals surface area (Å²) in [5.41, 5.74) is 0.806. The van der Waals surface area contributed by atoms with Crippen LogP contribution in [0.25, 0.3) is 0 Å². The van der Waals surface area contributed by atoms with Crippen LogP contribution in [-0.2, 0) is 4.79 Å². The van der Waals surface area contributed by atoms with E-state index in [1.165, 1.54) is 32.1 Å². The van der Waals surface area contributed by atoms with Crippen LogP contribution in [0.2, 0.25) is 0 Å². The maximum Gasteiger partial charge on any atom is 0.224 e. The molecule has 0 aliphatic heterocycles. The second-order valence-corrected chi connectivity index (χ2v) is 6.98. The molecule has 134 valence electrons. The molecule has 1 aliphatic rings. The van der Waals surface area contributed by atoms with Crippen molar-refractivity contribution in [1.29, 1.82) is 0 Å². The number of hydrogen-bond donors (Lipinski definition) is 1. The van der Waals surface area contributed by atoms with Gasteiger partial charge in [0.2, 0.25) is 5.91 Å². The molecule has 1 N–H and O–H groups in total. The standard InChI is InChI=1S/C20H33N3O/c1-3-14-23(15-4-2)19-12-11-18(16-21-19)22-20(24)13-10-17-8-6-5-7-9-17/h11-12,16-17H,3-10,13-15H2,1-2H3,(H,22,24). The van der Waals surface area contributed by atoms with Gasteiger partial charge in [0, 0.05) is 19.5 Å². The van der Waals surface area contributed by atoms with Crippen molar-refractivity contribution in [3.8, 4) is 0 Å². The zero-order valence-electron chi connectivity index (χ0n) is 15.4. The smallest absolute Gasteiger partial charge is 0.224 e. The Morgan fingerprint density at radius 2 is 1.88 bits per heavy atom. The first-order valence-corrected chi connectivity index (χ1v) is 9.73. The lowest BCUT2D eigenvalue weighted by Gasteiger charge is -2.22. The second kappa shape index (κ2) is 10.3. The van der Waals surface area contributed by atoms with Crippen LogP contribution in [0, 0.1) is 5.92 Å². The van der Waals surface area contributed by atoms with E-state index in [0.717, 1.165) is 49.8 Å². The van der Waals surface area contributed by atoms with Crippen LogP contribution in [0.5, 0.6) is 0 Å². The Bertz CT molecular complexity index is 474. The van der Waals surface area contributed by atoms with Gasteiger partial charge in [-0.15, -0.1) is 0 Å². The number of aromatic nitrogens is 1. The van der Waals surface area contributed by atoms with Gasteiger partial charge in [0.05, 0.1) is 11.9 Å². The van der Waals surface area contributed by atoms with Crippen molar-refractivity contribution >= 4 is 17.4 Å². The molecule has 0 bridgehead atoms. The summed E-state index contributed by atoms with van der Waals surface area (Å²) >= 11 is 0. The van der Waals surface area contributed by atoms with Crippen molar-refractivity contribution in [3.63, 3.8) is 0 Å². The first-order valence-electron chi connectivity index (χ1n) is 9.73. The van der Waals surface area contributed by atoms with Crippen LogP contribution in [-0.4, -0.2) is 24.0 Å². The molecule has 0 aromatic carbocycles. The molecule has 1 aromatic rings. The fourth-order valence-corrected chi connectivity index (χ4v) is 3.56. The highest BCUT2D eigenvalue weighted by Gasteiger charge is 2.15. The molecule has 4 nitrogen and oxygen atoms in total. The molecule has 1 aromatic heterocycles. The average Bonchev–Trinajstić information content (AvgIpc) is 2.61. The van der Waals surface area contributed by atoms with Gasteiger partial charge >= 0.3 is 0 Å². The third-order valence-electron chi connectivity index (χ3n) is 4.85. The molecule has 0 spiro atoms. The number of pyridine rings is 1. The van der Waals surface area contributed by atoms with Gasteiger partial charge in [0.25, 0.3) is 0 Å². The third-order valence-corrected chi connectivity index (χ3v) is 4.85. The van der Waals surface area contributed by atoms with Crippen LogP contribution in [0.15, 0.2) is 18.3 Å². The van der Waals surface area contributed by atoms with Crippen LogP contribution in [0.4, 0.5) is 11.5 Å². The molecule has 4 heteroatoms. The van der Waals surface area contributed by atoms with Gasteiger partial charge in [0.15, 0.2) is 0 Å². The second-order valence-electron chi connectivity index (χ2n) is 6.98. The predicted octanol–water partition coefficient (Wildman–Crippen LogP) is 5.01. The molecule has 1 fully saturated rings. The first kappa shape index (κ1) is 18.8. The van der Waals surface area contributed by atoms with E-state index in [2.05, 4.69) is 29.0 Å². The van der Waals surface area contributed by atoms with Gasteiger partial charge in [-0.2, -0.15) is 0 Å². The van der Waals surface area contributed by atoms with E-state index in [0.29, 0.717) is 6.42 Å². The van der Waals surface area contributed by atoms with Crippen molar-refractivity contribution in [2.45, 2.75) is 71.6 Å². The van der Waals surface area contributed by atoms with E-state index in [-0.39, 0.29) is 5.91 Å². The number of amides is 1. The van der Waals surface area contributed by atoms with Crippen LogP contribution < -0.4 is 10.2 Å². The quantitative estimate of drug-likeness (QED) is 0.692. The largest absolute Gasteiger partial charge is 0.357 e. The molecule has 24 heavy (non-hydrogen) atoms. The Morgan fingerprint density at radius 3 is 2.46 bits per heavy atom. The zero-order valence-corrected chi connectivity index (χ0v) is 15.4. The molecule has 0 atom stereocenters. The summed E-state index contributed by atoms with van der Waals surface area (Å²) in [5.74, 6) is 1.87. The van der Waals surface area contributed by atoms with Crippen LogP contribution in [0.1, 0.15) is 71.6 Å². The third kappa shape index (κ3) is 6.14. The van der Waals surface area contributed by atoms with E-state index in [1.54, 1.807) is 6.20 Å². The van der Waals surface area contributed by atoms with E-state index >= 15 is 0 Å². The molecular formula is C20H33N3O. The van der Waals surface area contributed by atoms with Crippen LogP contribution >= 0.6 is 0 Å². The Balaban J connectivity index is 1.80. The minimum Gasteiger partial charge on any atom is -0.357 e. The van der Waals surface area contributed by atoms with Crippen molar-refractivity contribution in [1.82, 2.24) is 4.98 Å². The van der Waals surface area contributed by atoms with Crippen molar-refractivity contribution in [2.24, 2.45) is 5.92 Å². The fraction of sp³-hybridized carbons (Fsp3) is 0.700. The Labute approximate surface area is 147 Å². The lowest BCUT2D eigenvalue weighted by Crippen LogP contribution is -2.25. The minimum absolute atomic E-state index is 0.120. The lowest BCUT2D eigenvalue weighted by atomic mass is 9.86. The number of hydrogen-bond acceptors (Lipinski definition) is 3. The average molecular weight is 332 g/mol. The summed E-state index contributed by atoms with van der Waals surface area (Å²) in [4.78, 5) is 19.0. The number of nitrogens with one attached hydrogen (secondary N) is 1. The first-order chi connectivity index (χ1) is 11.7. The monoisotopic (exact) mass is 331 g/mol.